The number of hydrogen-bond donors (Lipinski definition) is 3. The van der Waals surface area contributed by atoms with E-state index in [0.29, 0.717) is 0 Å². The van der Waals surface area contributed by atoms with Gasteiger partial charge in [-0.15, -0.1) is 0 Å². The normalized spacial score (nSPS) is 24.0. The number of nitrogens with zero attached hydrogens (tertiary/aromatic N) is 3. The van der Waals surface area contributed by atoms with Gasteiger partial charge in [-0.25, -0.2) is 9.36 Å². The molecule has 2 aromatic rings. The zero-order valence-electron chi connectivity index (χ0n) is 19.9. The summed E-state index contributed by atoms with van der Waals surface area (Å²) >= 11 is 0. The molecule has 2 heterocycles. The predicted octanol–water partition coefficient (Wildman–Crippen LogP) is 1.36. The summed E-state index contributed by atoms with van der Waals surface area (Å²) in [5, 5.41) is 22.8. The first-order valence-electron chi connectivity index (χ1n) is 11.1. The summed E-state index contributed by atoms with van der Waals surface area (Å²) in [5.74, 6) is -1.66. The van der Waals surface area contributed by atoms with Crippen LogP contribution in [0, 0.1) is 17.2 Å². The molecule has 0 spiro atoms. The number of carbonyl (C=O) groups excluding carboxylic acids is 1. The highest BCUT2D eigenvalue weighted by Crippen LogP contribution is 2.46. The van der Waals surface area contributed by atoms with Gasteiger partial charge in [-0.05, 0) is 39.0 Å². The lowest BCUT2D eigenvalue weighted by Crippen LogP contribution is -2.37. The number of hydrogen-bond acceptors (Lipinski definition) is 11. The zero-order chi connectivity index (χ0) is 26.5. The third kappa shape index (κ3) is 6.69. The van der Waals surface area contributed by atoms with E-state index < -0.39 is 62.5 Å². The molecule has 1 aromatic heterocycles. The maximum atomic E-state index is 13.6. The molecular formula is C22H28N5O8P. The topological polar surface area (TPSA) is 188 Å². The minimum Gasteiger partial charge on any atom is -0.462 e. The van der Waals surface area contributed by atoms with Crippen LogP contribution in [0.4, 0.5) is 5.82 Å². The first-order valence-corrected chi connectivity index (χ1v) is 12.6. The van der Waals surface area contributed by atoms with E-state index in [4.69, 9.17) is 24.3 Å². The number of benzene rings is 1. The van der Waals surface area contributed by atoms with Gasteiger partial charge in [0.1, 0.15) is 35.7 Å². The lowest BCUT2D eigenvalue weighted by atomic mass is 10.0. The number of ether oxygens (including phenoxy) is 2. The molecule has 0 aliphatic carbocycles. The number of aromatic nitrogens is 2. The zero-order valence-corrected chi connectivity index (χ0v) is 20.8. The van der Waals surface area contributed by atoms with E-state index >= 15 is 0 Å². The van der Waals surface area contributed by atoms with Crippen LogP contribution in [0.1, 0.15) is 27.0 Å². The minimum atomic E-state index is -4.23. The number of rotatable bonds is 10. The molecule has 1 saturated heterocycles. The van der Waals surface area contributed by atoms with Crippen LogP contribution in [0.2, 0.25) is 0 Å². The fourth-order valence-electron chi connectivity index (χ4n) is 3.39. The standard InChI is InChI=1S/C22H28N5O8P/c1-13(2)33-21(29)14(3)26-36(31,35-15-7-5-4-6-8-15)32-12-17-19(28)16(11-23)20(34-17)27-10-9-18(24)25-22(27)30/h4-10,13-14,16-17,19-20,28H,12H2,1-3H3,(H,26,31)(H2,24,25,30)/t14-,16-,17-,19+,20-,36-/m1/s1. The van der Waals surface area contributed by atoms with Crippen LogP contribution in [0.5, 0.6) is 5.75 Å². The summed E-state index contributed by atoms with van der Waals surface area (Å²) in [6.07, 6.45) is -2.87. The number of esters is 1. The van der Waals surface area contributed by atoms with Gasteiger partial charge >= 0.3 is 19.4 Å². The minimum absolute atomic E-state index is 0.0154. The fraction of sp³-hybridized carbons (Fsp3) is 0.455. The van der Waals surface area contributed by atoms with Crippen molar-refractivity contribution in [3.8, 4) is 11.8 Å². The third-order valence-electron chi connectivity index (χ3n) is 5.08. The smallest absolute Gasteiger partial charge is 0.459 e. The summed E-state index contributed by atoms with van der Waals surface area (Å²) < 4.78 is 36.6. The molecule has 194 valence electrons. The van der Waals surface area contributed by atoms with Crippen molar-refractivity contribution in [1.82, 2.24) is 14.6 Å². The second kappa shape index (κ2) is 11.6. The monoisotopic (exact) mass is 521 g/mol. The van der Waals surface area contributed by atoms with E-state index in [2.05, 4.69) is 10.1 Å². The molecular weight excluding hydrogens is 493 g/mol. The fourth-order valence-corrected chi connectivity index (χ4v) is 4.89. The second-order valence-electron chi connectivity index (χ2n) is 8.29. The number of aliphatic hydroxyl groups is 1. The summed E-state index contributed by atoms with van der Waals surface area (Å²) in [7, 11) is -4.23. The van der Waals surface area contributed by atoms with Crippen LogP contribution < -0.4 is 21.0 Å². The molecule has 1 aliphatic rings. The van der Waals surface area contributed by atoms with Crippen molar-refractivity contribution in [2.24, 2.45) is 5.92 Å². The van der Waals surface area contributed by atoms with Crippen molar-refractivity contribution in [2.75, 3.05) is 12.3 Å². The van der Waals surface area contributed by atoms with Gasteiger partial charge in [0.15, 0.2) is 6.23 Å². The summed E-state index contributed by atoms with van der Waals surface area (Å²) in [4.78, 5) is 28.1. The lowest BCUT2D eigenvalue weighted by Gasteiger charge is -2.25. The Morgan fingerprint density at radius 2 is 2.03 bits per heavy atom. The molecule has 36 heavy (non-hydrogen) atoms. The van der Waals surface area contributed by atoms with Gasteiger partial charge in [0.05, 0.1) is 18.8 Å². The molecule has 0 amide bonds. The Bertz CT molecular complexity index is 1200. The molecule has 6 atom stereocenters. The maximum Gasteiger partial charge on any atom is 0.459 e. The number of nitrogens with two attached hydrogens (primary N) is 1. The van der Waals surface area contributed by atoms with E-state index in [1.54, 1.807) is 32.0 Å². The number of aliphatic hydroxyl groups excluding tert-OH is 1. The van der Waals surface area contributed by atoms with Crippen molar-refractivity contribution < 1.29 is 33.0 Å². The Balaban J connectivity index is 1.78. The summed E-state index contributed by atoms with van der Waals surface area (Å²) in [5.41, 5.74) is 4.74. The number of nitrogen functional groups attached to an aromatic ring is 1. The second-order valence-corrected chi connectivity index (χ2v) is 9.98. The molecule has 3 rings (SSSR count). The SMILES string of the molecule is CC(C)OC(=O)[C@@H](C)N[P@@](=O)(OC[C@H]1O[C@@H](n2ccc(N)nc2=O)[C@H](C#N)[C@@H]1O)Oc1ccccc1. The van der Waals surface area contributed by atoms with Crippen LogP contribution in [0.25, 0.3) is 0 Å². The number of anilines is 1. The van der Waals surface area contributed by atoms with Gasteiger partial charge in [-0.3, -0.25) is 13.9 Å². The predicted molar refractivity (Wildman–Crippen MR) is 126 cm³/mol. The number of carbonyl (C=O) groups is 1. The van der Waals surface area contributed by atoms with Crippen molar-refractivity contribution in [1.29, 1.82) is 5.26 Å². The maximum absolute atomic E-state index is 13.6. The quantitative estimate of drug-likeness (QED) is 0.301. The van der Waals surface area contributed by atoms with Crippen LogP contribution >= 0.6 is 7.75 Å². The van der Waals surface area contributed by atoms with Gasteiger partial charge in [0, 0.05) is 6.20 Å². The summed E-state index contributed by atoms with van der Waals surface area (Å²) in [6.45, 7) is 4.27. The van der Waals surface area contributed by atoms with Crippen molar-refractivity contribution in [3.63, 3.8) is 0 Å². The van der Waals surface area contributed by atoms with Gasteiger partial charge in [-0.2, -0.15) is 15.3 Å². The van der Waals surface area contributed by atoms with Crippen LogP contribution in [-0.4, -0.2) is 51.6 Å². The highest BCUT2D eigenvalue weighted by molar-refractivity contribution is 7.52. The number of para-hydroxylation sites is 1. The molecule has 0 saturated carbocycles. The molecule has 14 heteroatoms. The highest BCUT2D eigenvalue weighted by atomic mass is 31.2. The molecule has 0 unspecified atom stereocenters. The number of nitrogens with one attached hydrogen (secondary N) is 1. The van der Waals surface area contributed by atoms with Crippen LogP contribution in [0.3, 0.4) is 0 Å². The number of nitriles is 1. The van der Waals surface area contributed by atoms with E-state index in [-0.39, 0.29) is 11.6 Å². The van der Waals surface area contributed by atoms with Gasteiger partial charge in [0.25, 0.3) is 0 Å². The Kier molecular flexibility index (Phi) is 8.84. The lowest BCUT2D eigenvalue weighted by molar-refractivity contribution is -0.149. The largest absolute Gasteiger partial charge is 0.462 e. The highest BCUT2D eigenvalue weighted by Gasteiger charge is 2.47. The molecule has 1 fully saturated rings. The molecule has 1 aliphatic heterocycles. The molecule has 0 radical (unpaired) electrons. The van der Waals surface area contributed by atoms with E-state index in [9.17, 15) is 24.5 Å². The molecule has 1 aromatic carbocycles. The molecule has 13 nitrogen and oxygen atoms in total. The first kappa shape index (κ1) is 27.3. The van der Waals surface area contributed by atoms with Gasteiger partial charge in [0.2, 0.25) is 0 Å². The van der Waals surface area contributed by atoms with Crippen LogP contribution in [0.15, 0.2) is 47.4 Å². The summed E-state index contributed by atoms with van der Waals surface area (Å²) in [6, 6.07) is 10.3. The Morgan fingerprint density at radius 3 is 2.64 bits per heavy atom. The Morgan fingerprint density at radius 1 is 1.33 bits per heavy atom. The van der Waals surface area contributed by atoms with Crippen molar-refractivity contribution in [3.05, 3.63) is 53.1 Å². The van der Waals surface area contributed by atoms with Crippen molar-refractivity contribution >= 4 is 19.5 Å². The van der Waals surface area contributed by atoms with E-state index in [1.165, 1.54) is 31.3 Å². The average molecular weight is 521 g/mol. The Hall–Kier alpha value is -3.27. The average Bonchev–Trinajstić information content (AvgIpc) is 3.12. The Labute approximate surface area is 207 Å². The molecule has 0 bridgehead atoms. The first-order chi connectivity index (χ1) is 17.0. The van der Waals surface area contributed by atoms with Crippen LogP contribution in [-0.2, 0) is 23.4 Å². The van der Waals surface area contributed by atoms with Gasteiger partial charge in [-0.1, -0.05) is 18.2 Å². The third-order valence-corrected chi connectivity index (χ3v) is 6.72. The van der Waals surface area contributed by atoms with Gasteiger partial charge < -0.3 is 24.8 Å². The molecule has 4 N–H and O–H groups in total. The van der Waals surface area contributed by atoms with Crippen molar-refractivity contribution in [2.45, 2.75) is 51.4 Å². The van der Waals surface area contributed by atoms with E-state index in [0.717, 1.165) is 4.57 Å². The van der Waals surface area contributed by atoms with E-state index in [1.807, 2.05) is 6.07 Å².